The number of likely N-dealkylation sites (tertiary alicyclic amines) is 1. The molecule has 2 N–H and O–H groups in total. The molecule has 2 aromatic heterocycles. The third-order valence-corrected chi connectivity index (χ3v) is 5.13. The van der Waals surface area contributed by atoms with E-state index in [1.807, 2.05) is 37.6 Å². The zero-order valence-corrected chi connectivity index (χ0v) is 16.6. The highest BCUT2D eigenvalue weighted by molar-refractivity contribution is 5.79. The molecule has 7 heteroatoms. The van der Waals surface area contributed by atoms with Crippen LogP contribution >= 0.6 is 0 Å². The normalized spacial score (nSPS) is 16.3. The predicted octanol–water partition coefficient (Wildman–Crippen LogP) is 2.20. The molecule has 0 bridgehead atoms. The minimum absolute atomic E-state index is 0.113. The second-order valence-electron chi connectivity index (χ2n) is 7.61. The lowest BCUT2D eigenvalue weighted by molar-refractivity contribution is 0.0982. The highest BCUT2D eigenvalue weighted by Crippen LogP contribution is 2.19. The number of nitrogens with zero attached hydrogens (tertiary/aromatic N) is 5. The van der Waals surface area contributed by atoms with Gasteiger partial charge in [0.2, 0.25) is 0 Å². The molecule has 0 aromatic carbocycles. The van der Waals surface area contributed by atoms with Gasteiger partial charge in [-0.1, -0.05) is 6.42 Å². The monoisotopic (exact) mass is 369 g/mol. The van der Waals surface area contributed by atoms with E-state index in [0.29, 0.717) is 6.54 Å². The Hall–Kier alpha value is -2.41. The van der Waals surface area contributed by atoms with Crippen LogP contribution in [0.25, 0.3) is 5.82 Å². The number of hydrogen-bond acceptors (Lipinski definition) is 4. The Labute approximate surface area is 161 Å². The van der Waals surface area contributed by atoms with Crippen molar-refractivity contribution >= 4 is 5.96 Å². The lowest BCUT2D eigenvalue weighted by Gasteiger charge is -2.41. The number of pyridine rings is 1. The van der Waals surface area contributed by atoms with Gasteiger partial charge in [-0.25, -0.2) is 9.67 Å². The standard InChI is InChI=1S/C20H31N7/c1-20(2,26-11-5-4-6-12-26)16-24-19(21-3)23-15-17-8-10-22-18(14-17)27-13-7-9-25-27/h7-10,13-14H,4-6,11-12,15-16H2,1-3H3,(H2,21,23,24). The molecule has 0 atom stereocenters. The highest BCUT2D eigenvalue weighted by Gasteiger charge is 2.27. The van der Waals surface area contributed by atoms with Gasteiger partial charge in [-0.15, -0.1) is 0 Å². The second-order valence-corrected chi connectivity index (χ2v) is 7.61. The number of guanidine groups is 1. The van der Waals surface area contributed by atoms with Gasteiger partial charge >= 0.3 is 0 Å². The van der Waals surface area contributed by atoms with Gasteiger partial charge in [-0.05, 0) is 63.5 Å². The smallest absolute Gasteiger partial charge is 0.191 e. The summed E-state index contributed by atoms with van der Waals surface area (Å²) in [6.07, 6.45) is 9.42. The summed E-state index contributed by atoms with van der Waals surface area (Å²) in [5.41, 5.74) is 1.25. The van der Waals surface area contributed by atoms with Crippen molar-refractivity contribution in [2.75, 3.05) is 26.7 Å². The average Bonchev–Trinajstić information content (AvgIpc) is 3.24. The lowest BCUT2D eigenvalue weighted by Crippen LogP contribution is -2.54. The highest BCUT2D eigenvalue weighted by atomic mass is 15.3. The maximum atomic E-state index is 4.37. The Morgan fingerprint density at radius 2 is 2.00 bits per heavy atom. The molecule has 0 saturated carbocycles. The largest absolute Gasteiger partial charge is 0.355 e. The van der Waals surface area contributed by atoms with Crippen molar-refractivity contribution in [2.45, 2.75) is 45.2 Å². The molecule has 0 spiro atoms. The third-order valence-electron chi connectivity index (χ3n) is 5.13. The summed E-state index contributed by atoms with van der Waals surface area (Å²) in [5.74, 6) is 1.63. The number of aromatic nitrogens is 3. The van der Waals surface area contributed by atoms with Crippen molar-refractivity contribution in [2.24, 2.45) is 4.99 Å². The SMILES string of the molecule is CN=C(NCc1ccnc(-n2cccn2)c1)NCC(C)(C)N1CCCCC1. The molecule has 0 unspecified atom stereocenters. The van der Waals surface area contributed by atoms with Crippen molar-refractivity contribution in [3.8, 4) is 5.82 Å². The van der Waals surface area contributed by atoms with E-state index in [2.05, 4.69) is 44.5 Å². The molecule has 1 aliphatic heterocycles. The van der Waals surface area contributed by atoms with Crippen molar-refractivity contribution in [1.29, 1.82) is 0 Å². The maximum Gasteiger partial charge on any atom is 0.191 e. The van der Waals surface area contributed by atoms with E-state index >= 15 is 0 Å². The van der Waals surface area contributed by atoms with Crippen LogP contribution in [0.2, 0.25) is 0 Å². The van der Waals surface area contributed by atoms with Gasteiger partial charge in [0, 0.05) is 44.3 Å². The van der Waals surface area contributed by atoms with Crippen LogP contribution in [0.1, 0.15) is 38.7 Å². The van der Waals surface area contributed by atoms with E-state index < -0.39 is 0 Å². The zero-order chi connectivity index (χ0) is 19.1. The number of piperidine rings is 1. The molecular weight excluding hydrogens is 338 g/mol. The number of rotatable bonds is 6. The van der Waals surface area contributed by atoms with Crippen molar-refractivity contribution < 1.29 is 0 Å². The van der Waals surface area contributed by atoms with Crippen LogP contribution in [0, 0.1) is 0 Å². The average molecular weight is 370 g/mol. The van der Waals surface area contributed by atoms with Gasteiger partial charge in [0.25, 0.3) is 0 Å². The molecule has 1 saturated heterocycles. The van der Waals surface area contributed by atoms with Gasteiger partial charge in [0.15, 0.2) is 11.8 Å². The van der Waals surface area contributed by atoms with Crippen LogP contribution in [0.5, 0.6) is 0 Å². The first-order valence-electron chi connectivity index (χ1n) is 9.73. The van der Waals surface area contributed by atoms with E-state index in [1.165, 1.54) is 32.4 Å². The Kier molecular flexibility index (Phi) is 6.45. The Morgan fingerprint density at radius 3 is 2.70 bits per heavy atom. The lowest BCUT2D eigenvalue weighted by atomic mass is 9.98. The Balaban J connectivity index is 1.53. The summed E-state index contributed by atoms with van der Waals surface area (Å²) >= 11 is 0. The van der Waals surface area contributed by atoms with E-state index in [0.717, 1.165) is 23.9 Å². The topological polar surface area (TPSA) is 70.4 Å². The molecule has 146 valence electrons. The summed E-state index contributed by atoms with van der Waals surface area (Å²) < 4.78 is 1.76. The summed E-state index contributed by atoms with van der Waals surface area (Å²) in [6.45, 7) is 8.53. The van der Waals surface area contributed by atoms with Crippen molar-refractivity contribution in [3.63, 3.8) is 0 Å². The number of aliphatic imine (C=N–C) groups is 1. The Morgan fingerprint density at radius 1 is 1.19 bits per heavy atom. The molecule has 2 aromatic rings. The third kappa shape index (κ3) is 5.29. The van der Waals surface area contributed by atoms with E-state index in [1.54, 1.807) is 10.9 Å². The maximum absolute atomic E-state index is 4.37. The molecule has 0 aliphatic carbocycles. The molecule has 7 nitrogen and oxygen atoms in total. The first kappa shape index (κ1) is 19.4. The molecular formula is C20H31N7. The fourth-order valence-electron chi connectivity index (χ4n) is 3.42. The van der Waals surface area contributed by atoms with Crippen LogP contribution in [0.4, 0.5) is 0 Å². The summed E-state index contributed by atoms with van der Waals surface area (Å²) in [7, 11) is 1.81. The number of hydrogen-bond donors (Lipinski definition) is 2. The van der Waals surface area contributed by atoms with Gasteiger partial charge in [-0.3, -0.25) is 9.89 Å². The molecule has 1 fully saturated rings. The van der Waals surface area contributed by atoms with Gasteiger partial charge in [0.1, 0.15) is 0 Å². The quantitative estimate of drug-likeness (QED) is 0.603. The van der Waals surface area contributed by atoms with Crippen molar-refractivity contribution in [1.82, 2.24) is 30.3 Å². The minimum atomic E-state index is 0.113. The van der Waals surface area contributed by atoms with E-state index in [-0.39, 0.29) is 5.54 Å². The second kappa shape index (κ2) is 8.99. The molecule has 0 radical (unpaired) electrons. The van der Waals surface area contributed by atoms with Crippen LogP contribution < -0.4 is 10.6 Å². The van der Waals surface area contributed by atoms with Crippen LogP contribution in [-0.4, -0.2) is 57.8 Å². The van der Waals surface area contributed by atoms with Crippen LogP contribution in [-0.2, 0) is 6.54 Å². The molecule has 3 heterocycles. The Bertz CT molecular complexity index is 731. The van der Waals surface area contributed by atoms with Gasteiger partial charge < -0.3 is 10.6 Å². The number of nitrogens with one attached hydrogen (secondary N) is 2. The predicted molar refractivity (Wildman–Crippen MR) is 109 cm³/mol. The van der Waals surface area contributed by atoms with Crippen molar-refractivity contribution in [3.05, 3.63) is 42.4 Å². The minimum Gasteiger partial charge on any atom is -0.355 e. The summed E-state index contributed by atoms with van der Waals surface area (Å²) in [5, 5.41) is 11.1. The summed E-state index contributed by atoms with van der Waals surface area (Å²) in [6, 6.07) is 5.93. The van der Waals surface area contributed by atoms with E-state index in [9.17, 15) is 0 Å². The summed E-state index contributed by atoms with van der Waals surface area (Å²) in [4.78, 5) is 11.3. The van der Waals surface area contributed by atoms with Crippen LogP contribution in [0.3, 0.4) is 0 Å². The molecule has 1 aliphatic rings. The molecule has 0 amide bonds. The van der Waals surface area contributed by atoms with Gasteiger partial charge in [-0.2, -0.15) is 5.10 Å². The molecule has 3 rings (SSSR count). The fraction of sp³-hybridized carbons (Fsp3) is 0.550. The first-order valence-corrected chi connectivity index (χ1v) is 9.73. The fourth-order valence-corrected chi connectivity index (χ4v) is 3.42. The first-order chi connectivity index (χ1) is 13.1. The van der Waals surface area contributed by atoms with Crippen LogP contribution in [0.15, 0.2) is 41.8 Å². The van der Waals surface area contributed by atoms with E-state index in [4.69, 9.17) is 0 Å². The zero-order valence-electron chi connectivity index (χ0n) is 16.6. The van der Waals surface area contributed by atoms with Gasteiger partial charge in [0.05, 0.1) is 0 Å². The molecule has 27 heavy (non-hydrogen) atoms.